The lowest BCUT2D eigenvalue weighted by molar-refractivity contribution is -0.917. The Balaban J connectivity index is 1.13. The van der Waals surface area contributed by atoms with Crippen LogP contribution in [0.15, 0.2) is 18.2 Å². The maximum Gasteiger partial charge on any atom is 0.231 e. The molecule has 0 aromatic heterocycles. The van der Waals surface area contributed by atoms with Gasteiger partial charge in [0, 0.05) is 24.6 Å². The van der Waals surface area contributed by atoms with Crippen LogP contribution in [-0.4, -0.2) is 67.2 Å². The van der Waals surface area contributed by atoms with Gasteiger partial charge in [0.1, 0.15) is 6.54 Å². The van der Waals surface area contributed by atoms with Crippen molar-refractivity contribution >= 4 is 11.8 Å². The van der Waals surface area contributed by atoms with E-state index < -0.39 is 0 Å². The van der Waals surface area contributed by atoms with Crippen molar-refractivity contribution in [2.24, 2.45) is 5.92 Å². The summed E-state index contributed by atoms with van der Waals surface area (Å²) in [6, 6.07) is 6.52. The van der Waals surface area contributed by atoms with Gasteiger partial charge in [-0.3, -0.25) is 9.59 Å². The largest absolute Gasteiger partial charge is 0.454 e. The molecule has 1 aliphatic carbocycles. The van der Waals surface area contributed by atoms with Crippen molar-refractivity contribution in [3.05, 3.63) is 23.8 Å². The SMILES string of the molecule is O=C([C@@H]1CC(=O)N(C2CCCC2)C1)N1CC[NH+](Cc2ccc3c(c2)OCO3)CC1. The van der Waals surface area contributed by atoms with E-state index in [2.05, 4.69) is 12.1 Å². The number of nitrogens with zero attached hydrogens (tertiary/aromatic N) is 2. The topological polar surface area (TPSA) is 63.5 Å². The van der Waals surface area contributed by atoms with Crippen molar-refractivity contribution < 1.29 is 24.0 Å². The summed E-state index contributed by atoms with van der Waals surface area (Å²) in [5.74, 6) is 1.87. The molecule has 7 nitrogen and oxygen atoms in total. The number of carbonyl (C=O) groups excluding carboxylic acids is 2. The second-order valence-electron chi connectivity index (χ2n) is 8.83. The molecule has 156 valence electrons. The number of carbonyl (C=O) groups is 2. The lowest BCUT2D eigenvalue weighted by Crippen LogP contribution is -3.13. The van der Waals surface area contributed by atoms with Gasteiger partial charge in [-0.15, -0.1) is 0 Å². The van der Waals surface area contributed by atoms with Gasteiger partial charge in [-0.05, 0) is 31.0 Å². The van der Waals surface area contributed by atoms with E-state index in [-0.39, 0.29) is 17.7 Å². The summed E-state index contributed by atoms with van der Waals surface area (Å²) in [4.78, 5) is 30.9. The second kappa shape index (κ2) is 7.86. The summed E-state index contributed by atoms with van der Waals surface area (Å²) >= 11 is 0. The molecule has 7 heteroatoms. The molecule has 2 saturated heterocycles. The van der Waals surface area contributed by atoms with Gasteiger partial charge in [0.05, 0.1) is 32.1 Å². The van der Waals surface area contributed by atoms with Gasteiger partial charge in [0.25, 0.3) is 0 Å². The van der Waals surface area contributed by atoms with Gasteiger partial charge in [0.15, 0.2) is 11.5 Å². The normalized spacial score (nSPS) is 25.2. The Hall–Kier alpha value is -2.28. The van der Waals surface area contributed by atoms with Crippen molar-refractivity contribution in [3.63, 3.8) is 0 Å². The van der Waals surface area contributed by atoms with Gasteiger partial charge in [-0.2, -0.15) is 0 Å². The lowest BCUT2D eigenvalue weighted by atomic mass is 10.1. The van der Waals surface area contributed by atoms with Crippen molar-refractivity contribution in [2.45, 2.75) is 44.7 Å². The van der Waals surface area contributed by atoms with Crippen LogP contribution >= 0.6 is 0 Å². The van der Waals surface area contributed by atoms with Crippen LogP contribution in [0.5, 0.6) is 11.5 Å². The first-order chi connectivity index (χ1) is 14.2. The maximum absolute atomic E-state index is 13.0. The number of benzene rings is 1. The van der Waals surface area contributed by atoms with Crippen LogP contribution < -0.4 is 14.4 Å². The quantitative estimate of drug-likeness (QED) is 0.797. The van der Waals surface area contributed by atoms with E-state index in [0.717, 1.165) is 57.1 Å². The highest BCUT2D eigenvalue weighted by Gasteiger charge is 2.40. The van der Waals surface area contributed by atoms with Crippen molar-refractivity contribution in [2.75, 3.05) is 39.5 Å². The third kappa shape index (κ3) is 3.80. The molecule has 0 spiro atoms. The van der Waals surface area contributed by atoms with Gasteiger partial charge in [-0.25, -0.2) is 0 Å². The predicted octanol–water partition coefficient (Wildman–Crippen LogP) is 0.434. The van der Waals surface area contributed by atoms with Crippen LogP contribution in [-0.2, 0) is 16.1 Å². The number of rotatable bonds is 4. The molecule has 1 aromatic rings. The van der Waals surface area contributed by atoms with Crippen LogP contribution in [0.25, 0.3) is 0 Å². The molecule has 1 aromatic carbocycles. The number of likely N-dealkylation sites (tertiary alicyclic amines) is 1. The molecule has 1 N–H and O–H groups in total. The van der Waals surface area contributed by atoms with E-state index in [1.165, 1.54) is 23.3 Å². The summed E-state index contributed by atoms with van der Waals surface area (Å²) < 4.78 is 10.9. The van der Waals surface area contributed by atoms with Gasteiger partial charge in [-0.1, -0.05) is 12.8 Å². The highest BCUT2D eigenvalue weighted by molar-refractivity contribution is 5.89. The fourth-order valence-corrected chi connectivity index (χ4v) is 5.28. The van der Waals surface area contributed by atoms with E-state index in [4.69, 9.17) is 9.47 Å². The molecule has 5 rings (SSSR count). The van der Waals surface area contributed by atoms with E-state index >= 15 is 0 Å². The molecule has 3 aliphatic heterocycles. The van der Waals surface area contributed by atoms with Crippen molar-refractivity contribution in [3.8, 4) is 11.5 Å². The zero-order valence-corrected chi connectivity index (χ0v) is 16.9. The molecule has 2 amide bonds. The van der Waals surface area contributed by atoms with Gasteiger partial charge < -0.3 is 24.2 Å². The number of ether oxygens (including phenoxy) is 2. The van der Waals surface area contributed by atoms with E-state index in [1.54, 1.807) is 0 Å². The van der Waals surface area contributed by atoms with Crippen LogP contribution in [0.3, 0.4) is 0 Å². The molecule has 0 bridgehead atoms. The maximum atomic E-state index is 13.0. The first-order valence-corrected chi connectivity index (χ1v) is 11.0. The molecule has 4 aliphatic rings. The van der Waals surface area contributed by atoms with E-state index in [1.807, 2.05) is 15.9 Å². The lowest BCUT2D eigenvalue weighted by Gasteiger charge is -2.33. The van der Waals surface area contributed by atoms with Crippen LogP contribution in [0, 0.1) is 5.92 Å². The summed E-state index contributed by atoms with van der Waals surface area (Å²) in [6.07, 6.45) is 5.03. The first kappa shape index (κ1) is 18.7. The number of fused-ring (bicyclic) bond motifs is 1. The van der Waals surface area contributed by atoms with E-state index in [0.29, 0.717) is 25.8 Å². The molecule has 1 atom stereocenters. The summed E-state index contributed by atoms with van der Waals surface area (Å²) in [6.45, 7) is 5.27. The third-order valence-electron chi connectivity index (χ3n) is 6.95. The molecular formula is C22H30N3O4+. The molecule has 29 heavy (non-hydrogen) atoms. The predicted molar refractivity (Wildman–Crippen MR) is 106 cm³/mol. The number of hydrogen-bond donors (Lipinski definition) is 1. The Labute approximate surface area is 171 Å². The molecule has 0 radical (unpaired) electrons. The standard InChI is InChI=1S/C22H29N3O4/c26-21-12-17(14-25(21)18-3-1-2-4-18)22(27)24-9-7-23(8-10-24)13-16-5-6-19-20(11-16)29-15-28-19/h5-6,11,17-18H,1-4,7-10,12-15H2/p+1/t17-/m1/s1. The smallest absolute Gasteiger partial charge is 0.231 e. The minimum absolute atomic E-state index is 0.140. The van der Waals surface area contributed by atoms with Crippen molar-refractivity contribution in [1.29, 1.82) is 0 Å². The molecule has 0 unspecified atom stereocenters. The zero-order valence-electron chi connectivity index (χ0n) is 16.9. The van der Waals surface area contributed by atoms with Crippen LogP contribution in [0.2, 0.25) is 0 Å². The number of amides is 2. The highest BCUT2D eigenvalue weighted by Crippen LogP contribution is 2.32. The summed E-state index contributed by atoms with van der Waals surface area (Å²) in [5.41, 5.74) is 1.23. The Bertz CT molecular complexity index is 784. The Morgan fingerprint density at radius 3 is 2.66 bits per heavy atom. The number of piperazine rings is 1. The molecule has 1 saturated carbocycles. The molecular weight excluding hydrogens is 370 g/mol. The average Bonchev–Trinajstić information content (AvgIpc) is 3.48. The number of nitrogens with one attached hydrogen (secondary N) is 1. The summed E-state index contributed by atoms with van der Waals surface area (Å²) in [7, 11) is 0. The molecule has 3 heterocycles. The second-order valence-corrected chi connectivity index (χ2v) is 8.83. The Kier molecular flexibility index (Phi) is 5.08. The minimum Gasteiger partial charge on any atom is -0.454 e. The summed E-state index contributed by atoms with van der Waals surface area (Å²) in [5, 5.41) is 0. The van der Waals surface area contributed by atoms with Crippen molar-refractivity contribution in [1.82, 2.24) is 9.80 Å². The monoisotopic (exact) mass is 400 g/mol. The molecule has 3 fully saturated rings. The van der Waals surface area contributed by atoms with E-state index in [9.17, 15) is 9.59 Å². The average molecular weight is 400 g/mol. The fourth-order valence-electron chi connectivity index (χ4n) is 5.28. The van der Waals surface area contributed by atoms with Gasteiger partial charge in [0.2, 0.25) is 18.6 Å². The number of quaternary nitrogens is 1. The minimum atomic E-state index is -0.140. The fraction of sp³-hybridized carbons (Fsp3) is 0.636. The van der Waals surface area contributed by atoms with Crippen LogP contribution in [0.1, 0.15) is 37.7 Å². The Morgan fingerprint density at radius 2 is 1.86 bits per heavy atom. The van der Waals surface area contributed by atoms with Gasteiger partial charge >= 0.3 is 0 Å². The number of hydrogen-bond acceptors (Lipinski definition) is 4. The highest BCUT2D eigenvalue weighted by atomic mass is 16.7. The third-order valence-corrected chi connectivity index (χ3v) is 6.95. The first-order valence-electron chi connectivity index (χ1n) is 11.0. The Morgan fingerprint density at radius 1 is 1.10 bits per heavy atom. The van der Waals surface area contributed by atoms with Crippen LogP contribution in [0.4, 0.5) is 0 Å². The zero-order chi connectivity index (χ0) is 19.8.